The molecule has 1 aromatic carbocycles. The van der Waals surface area contributed by atoms with Crippen LogP contribution >= 0.6 is 18.9 Å². The van der Waals surface area contributed by atoms with Crippen molar-refractivity contribution in [3.8, 4) is 16.9 Å². The number of benzene rings is 1. The summed E-state index contributed by atoms with van der Waals surface area (Å²) in [6, 6.07) is 5.54. The van der Waals surface area contributed by atoms with Gasteiger partial charge in [0.25, 0.3) is 17.7 Å². The molecule has 1 fully saturated rings. The number of β-lactam (4-membered cyclic amide) rings is 1. The molecule has 3 heterocycles. The zero-order chi connectivity index (χ0) is 35.4. The molecule has 0 radical (unpaired) electrons. The highest BCUT2D eigenvalue weighted by atomic mass is 32.3. The molecule has 0 aliphatic carbocycles. The second-order valence-corrected chi connectivity index (χ2v) is 14.8. The van der Waals surface area contributed by atoms with Gasteiger partial charge in [0.05, 0.1) is 23.8 Å². The van der Waals surface area contributed by atoms with Crippen LogP contribution in [-0.4, -0.2) is 87.8 Å². The van der Waals surface area contributed by atoms with Gasteiger partial charge in [-0.05, 0) is 44.5 Å². The summed E-state index contributed by atoms with van der Waals surface area (Å²) in [6.45, 7) is 3.45. The first-order chi connectivity index (χ1) is 22.5. The van der Waals surface area contributed by atoms with Crippen molar-refractivity contribution in [2.24, 2.45) is 17.9 Å². The fraction of sp³-hybridized carbons (Fsp3) is 0.423. The van der Waals surface area contributed by atoms with Crippen LogP contribution in [0.2, 0.25) is 0 Å². The lowest BCUT2D eigenvalue weighted by Crippen LogP contribution is -2.76. The Morgan fingerprint density at radius 1 is 1.31 bits per heavy atom. The number of rotatable bonds is 16. The quantitative estimate of drug-likeness (QED) is 0.0283. The van der Waals surface area contributed by atoms with Gasteiger partial charge in [-0.15, -0.1) is 16.0 Å². The molecule has 1 aliphatic rings. The minimum atomic E-state index is -5.28. The van der Waals surface area contributed by atoms with E-state index < -0.39 is 59.6 Å². The molecule has 0 spiro atoms. The van der Waals surface area contributed by atoms with Crippen LogP contribution in [0.4, 0.5) is 5.13 Å². The molecular formula is C26H35N8O11PS2. The largest absolute Gasteiger partial charge is 0.724 e. The molecule has 1 saturated heterocycles. The maximum absolute atomic E-state index is 13.3. The molecule has 2 aromatic heterocycles. The van der Waals surface area contributed by atoms with Crippen LogP contribution in [0.3, 0.4) is 0 Å². The summed E-state index contributed by atoms with van der Waals surface area (Å²) in [5.41, 5.74) is 11.0. The molecule has 48 heavy (non-hydrogen) atoms. The highest BCUT2D eigenvalue weighted by Gasteiger charge is 2.57. The second kappa shape index (κ2) is 14.7. The number of nitrogen functional groups attached to an aromatic ring is 1. The number of amides is 2. The van der Waals surface area contributed by atoms with Crippen LogP contribution in [0, 0.1) is 0 Å². The number of anilines is 1. The van der Waals surface area contributed by atoms with E-state index in [1.54, 1.807) is 24.3 Å². The van der Waals surface area contributed by atoms with E-state index in [1.807, 2.05) is 28.8 Å². The van der Waals surface area contributed by atoms with E-state index in [0.29, 0.717) is 17.4 Å². The van der Waals surface area contributed by atoms with Gasteiger partial charge < -0.3 is 40.3 Å². The molecule has 262 valence electrons. The van der Waals surface area contributed by atoms with Gasteiger partial charge in [-0.3, -0.25) is 14.2 Å². The van der Waals surface area contributed by atoms with Gasteiger partial charge in [0, 0.05) is 12.5 Å². The third-order valence-electron chi connectivity index (χ3n) is 7.18. The van der Waals surface area contributed by atoms with Gasteiger partial charge in [-0.25, -0.2) is 13.4 Å². The number of nitrogens with two attached hydrogens (primary N) is 2. The summed E-state index contributed by atoms with van der Waals surface area (Å²) in [7, 11) is -6.93. The summed E-state index contributed by atoms with van der Waals surface area (Å²) >= 11 is 0.945. The van der Waals surface area contributed by atoms with E-state index in [4.69, 9.17) is 25.6 Å². The van der Waals surface area contributed by atoms with Crippen LogP contribution in [0.15, 0.2) is 47.2 Å². The number of nitrogens with zero attached hydrogens (tertiary/aromatic N) is 5. The first-order valence-corrected chi connectivity index (χ1v) is 18.0. The fourth-order valence-corrected chi connectivity index (χ4v) is 6.19. The smallest absolute Gasteiger partial charge is 0.374 e. The van der Waals surface area contributed by atoms with Crippen molar-refractivity contribution in [2.75, 3.05) is 26.0 Å². The van der Waals surface area contributed by atoms with Crippen LogP contribution in [0.5, 0.6) is 5.75 Å². The van der Waals surface area contributed by atoms with E-state index in [2.05, 4.69) is 19.7 Å². The van der Waals surface area contributed by atoms with Gasteiger partial charge >= 0.3 is 7.60 Å². The van der Waals surface area contributed by atoms with Crippen LogP contribution in [0.1, 0.15) is 26.0 Å². The van der Waals surface area contributed by atoms with Gasteiger partial charge in [0.15, 0.2) is 17.9 Å². The Labute approximate surface area is 279 Å². The number of hydrogen-bond donors (Lipinski definition) is 4. The molecule has 0 bridgehead atoms. The molecular weight excluding hydrogens is 695 g/mol. The molecule has 4 rings (SSSR count). The number of hydrogen-bond acceptors (Lipinski definition) is 15. The zero-order valence-corrected chi connectivity index (χ0v) is 28.7. The zero-order valence-electron chi connectivity index (χ0n) is 26.2. The highest BCUT2D eigenvalue weighted by molar-refractivity contribution is 7.80. The minimum Gasteiger partial charge on any atom is -0.724 e. The SMILES string of the molecule is COP(=O)(O)C(COc1ccc(-c2cn(CCCN)[n+](C)c2)cc1)O/N=C(\C(=O)N[C@@H]1C(=O)N(OS(=O)(=O)[O-])C1(C)C)c1csc(N)n1. The third kappa shape index (κ3) is 8.55. The fourth-order valence-electron chi connectivity index (χ4n) is 4.53. The van der Waals surface area contributed by atoms with Crippen molar-refractivity contribution in [1.82, 2.24) is 20.0 Å². The van der Waals surface area contributed by atoms with E-state index in [1.165, 1.54) is 19.2 Å². The monoisotopic (exact) mass is 730 g/mol. The van der Waals surface area contributed by atoms with E-state index in [9.17, 15) is 32.0 Å². The third-order valence-corrected chi connectivity index (χ3v) is 9.68. The van der Waals surface area contributed by atoms with Crippen molar-refractivity contribution in [3.63, 3.8) is 0 Å². The Hall–Kier alpha value is -3.95. The molecule has 19 nitrogen and oxygen atoms in total. The Morgan fingerprint density at radius 2 is 2.00 bits per heavy atom. The van der Waals surface area contributed by atoms with Gasteiger partial charge in [-0.1, -0.05) is 17.3 Å². The van der Waals surface area contributed by atoms with Crippen LogP contribution in [-0.2, 0) is 51.8 Å². The molecule has 2 unspecified atom stereocenters. The maximum Gasteiger partial charge on any atom is 0.374 e. The molecule has 2 amide bonds. The Morgan fingerprint density at radius 3 is 2.56 bits per heavy atom. The average molecular weight is 731 g/mol. The number of aromatic nitrogens is 3. The number of aryl methyl sites for hydroxylation is 2. The Balaban J connectivity index is 1.50. The van der Waals surface area contributed by atoms with Crippen LogP contribution in [0.25, 0.3) is 11.1 Å². The first-order valence-electron chi connectivity index (χ1n) is 14.1. The van der Waals surface area contributed by atoms with Crippen LogP contribution < -0.4 is 26.2 Å². The lowest BCUT2D eigenvalue weighted by atomic mass is 9.84. The van der Waals surface area contributed by atoms with Gasteiger partial charge in [-0.2, -0.15) is 14.0 Å². The van der Waals surface area contributed by atoms with Crippen molar-refractivity contribution in [2.45, 2.75) is 44.2 Å². The average Bonchev–Trinajstić information content (AvgIpc) is 3.63. The molecule has 22 heteroatoms. The van der Waals surface area contributed by atoms with Crippen molar-refractivity contribution < 1.29 is 55.1 Å². The topological polar surface area (TPSA) is 267 Å². The number of carbonyl (C=O) groups is 2. The number of nitrogens with one attached hydrogen (secondary N) is 1. The molecule has 3 aromatic rings. The standard InChI is InChI=1S/C26H35N8O11PS2/c1-26(2)22(24(36)34(26)45-48(39,40)41)30-23(35)21(19-15-47-25(28)29-19)31-44-20(46(37,38)42-4)14-43-18-8-6-16(7-9-18)17-12-32(3)33(13-17)11-5-10-27/h6-9,12-13,15,20,22H,5,10-11,14,27H2,1-4H3,(H4-,28,29,30,35,37,38,39,40,41)/b31-21-/t20?,22-/m1/s1. The summed E-state index contributed by atoms with van der Waals surface area (Å²) in [4.78, 5) is 45.7. The number of hydroxylamine groups is 2. The summed E-state index contributed by atoms with van der Waals surface area (Å²) in [5.74, 6) is -3.52. The van der Waals surface area contributed by atoms with Crippen molar-refractivity contribution >= 4 is 52.0 Å². The molecule has 6 N–H and O–H groups in total. The Kier molecular flexibility index (Phi) is 11.3. The summed E-state index contributed by atoms with van der Waals surface area (Å²) in [5, 5.41) is 7.82. The Bertz CT molecular complexity index is 1830. The predicted molar refractivity (Wildman–Crippen MR) is 169 cm³/mol. The number of oxime groups is 1. The van der Waals surface area contributed by atoms with Crippen molar-refractivity contribution in [3.05, 3.63) is 47.7 Å². The maximum atomic E-state index is 13.3. The number of ether oxygens (including phenoxy) is 1. The predicted octanol–water partition coefficient (Wildman–Crippen LogP) is -0.178. The van der Waals surface area contributed by atoms with E-state index >= 15 is 0 Å². The van der Waals surface area contributed by atoms with E-state index in [0.717, 1.165) is 42.5 Å². The molecule has 0 saturated carbocycles. The normalized spacial score (nSPS) is 18.1. The minimum absolute atomic E-state index is 0.0414. The molecule has 3 atom stereocenters. The van der Waals surface area contributed by atoms with E-state index in [-0.39, 0.29) is 10.8 Å². The lowest BCUT2D eigenvalue weighted by molar-refractivity contribution is -0.753. The lowest BCUT2D eigenvalue weighted by Gasteiger charge is -2.51. The number of carbonyl (C=O) groups excluding carboxylic acids is 2. The van der Waals surface area contributed by atoms with Crippen molar-refractivity contribution in [1.29, 1.82) is 0 Å². The van der Waals surface area contributed by atoms with Gasteiger partial charge in [0.1, 0.15) is 24.1 Å². The summed E-state index contributed by atoms with van der Waals surface area (Å²) in [6.07, 6.45) is 4.77. The first kappa shape index (κ1) is 36.9. The molecule has 1 aliphatic heterocycles. The number of thiazole rings is 1. The second-order valence-electron chi connectivity index (χ2n) is 10.9. The van der Waals surface area contributed by atoms with Gasteiger partial charge in [0.2, 0.25) is 16.6 Å². The summed E-state index contributed by atoms with van der Waals surface area (Å²) < 4.78 is 64.5. The highest BCUT2D eigenvalue weighted by Crippen LogP contribution is 2.47.